The van der Waals surface area contributed by atoms with Crippen molar-refractivity contribution in [1.29, 1.82) is 0 Å². The smallest absolute Gasteiger partial charge is 0.335 e. The second kappa shape index (κ2) is 11.0. The van der Waals surface area contributed by atoms with Gasteiger partial charge in [0.15, 0.2) is 0 Å². The molecule has 3 rings (SSSR count). The zero-order valence-electron chi connectivity index (χ0n) is 20.1. The maximum absolute atomic E-state index is 13.3. The lowest BCUT2D eigenvalue weighted by molar-refractivity contribution is -0.186. The van der Waals surface area contributed by atoms with Crippen molar-refractivity contribution in [3.05, 3.63) is 59.7 Å². The Bertz CT molecular complexity index is 1140. The first-order valence-electron chi connectivity index (χ1n) is 11.7. The van der Waals surface area contributed by atoms with Gasteiger partial charge in [-0.25, -0.2) is 8.42 Å². The minimum absolute atomic E-state index is 0.0484. The number of carbonyl (C=O) groups is 3. The fourth-order valence-electron chi connectivity index (χ4n) is 4.55. The quantitative estimate of drug-likeness (QED) is 0.290. The molecule has 0 heterocycles. The molecular formula is C26H30O8S. The summed E-state index contributed by atoms with van der Waals surface area (Å²) >= 11 is 0. The number of esters is 3. The first kappa shape index (κ1) is 26.4. The van der Waals surface area contributed by atoms with Crippen LogP contribution in [0.25, 0.3) is 0 Å². The molecule has 188 valence electrons. The fourth-order valence-corrected chi connectivity index (χ4v) is 5.89. The zero-order valence-corrected chi connectivity index (χ0v) is 20.9. The Hall–Kier alpha value is -3.20. The number of sulfone groups is 1. The summed E-state index contributed by atoms with van der Waals surface area (Å²) in [6.45, 7) is 4.59. The van der Waals surface area contributed by atoms with Crippen LogP contribution in [0.4, 0.5) is 0 Å². The first-order chi connectivity index (χ1) is 16.7. The van der Waals surface area contributed by atoms with Gasteiger partial charge in [-0.1, -0.05) is 24.3 Å². The maximum atomic E-state index is 13.3. The molecule has 9 heteroatoms. The van der Waals surface area contributed by atoms with Gasteiger partial charge < -0.3 is 14.2 Å². The molecule has 8 nitrogen and oxygen atoms in total. The van der Waals surface area contributed by atoms with E-state index in [0.717, 1.165) is 0 Å². The van der Waals surface area contributed by atoms with E-state index in [1.165, 1.54) is 18.2 Å². The Morgan fingerprint density at radius 1 is 0.829 bits per heavy atom. The van der Waals surface area contributed by atoms with Crippen LogP contribution in [0.3, 0.4) is 0 Å². The molecule has 0 bridgehead atoms. The molecule has 0 aromatic heterocycles. The van der Waals surface area contributed by atoms with Crippen LogP contribution >= 0.6 is 0 Å². The molecule has 0 radical (unpaired) electrons. The second-order valence-corrected chi connectivity index (χ2v) is 10.0. The van der Waals surface area contributed by atoms with Crippen molar-refractivity contribution in [2.45, 2.75) is 55.7 Å². The van der Waals surface area contributed by atoms with E-state index < -0.39 is 39.1 Å². The van der Waals surface area contributed by atoms with Crippen molar-refractivity contribution in [2.75, 3.05) is 19.8 Å². The van der Waals surface area contributed by atoms with Crippen LogP contribution in [0, 0.1) is 5.41 Å². The first-order valence-corrected chi connectivity index (χ1v) is 13.2. The van der Waals surface area contributed by atoms with Gasteiger partial charge >= 0.3 is 17.9 Å². The average Bonchev–Trinajstić information content (AvgIpc) is 2.85. The van der Waals surface area contributed by atoms with Crippen LogP contribution in [0.15, 0.2) is 58.3 Å². The van der Waals surface area contributed by atoms with Crippen LogP contribution in [-0.4, -0.2) is 46.1 Å². The summed E-state index contributed by atoms with van der Waals surface area (Å²) in [6, 6.07) is 12.6. The number of ether oxygens (including phenoxy) is 3. The van der Waals surface area contributed by atoms with Crippen molar-refractivity contribution in [2.24, 2.45) is 5.41 Å². The van der Waals surface area contributed by atoms with Crippen molar-refractivity contribution in [1.82, 2.24) is 0 Å². The van der Waals surface area contributed by atoms with Gasteiger partial charge in [0.25, 0.3) is 5.41 Å². The van der Waals surface area contributed by atoms with Gasteiger partial charge in [-0.2, -0.15) is 0 Å². The van der Waals surface area contributed by atoms with E-state index in [9.17, 15) is 22.8 Å². The summed E-state index contributed by atoms with van der Waals surface area (Å²) in [5.41, 5.74) is -1.19. The minimum atomic E-state index is -3.78. The predicted molar refractivity (Wildman–Crippen MR) is 126 cm³/mol. The predicted octanol–water partition coefficient (Wildman–Crippen LogP) is 3.62. The number of hydrogen-bond acceptors (Lipinski definition) is 8. The Labute approximate surface area is 205 Å². The molecule has 1 aliphatic carbocycles. The van der Waals surface area contributed by atoms with Gasteiger partial charge in [0, 0.05) is 5.92 Å². The summed E-state index contributed by atoms with van der Waals surface area (Å²) in [6.07, 6.45) is 1.36. The topological polar surface area (TPSA) is 113 Å². The largest absolute Gasteiger partial charge is 0.465 e. The Kier molecular flexibility index (Phi) is 8.32. The summed E-state index contributed by atoms with van der Waals surface area (Å²) in [4.78, 5) is 40.1. The lowest BCUT2D eigenvalue weighted by atomic mass is 9.66. The normalized spacial score (nSPS) is 15.6. The van der Waals surface area contributed by atoms with Crippen molar-refractivity contribution >= 4 is 27.7 Å². The third kappa shape index (κ3) is 4.82. The third-order valence-corrected chi connectivity index (χ3v) is 7.87. The van der Waals surface area contributed by atoms with Gasteiger partial charge in [-0.3, -0.25) is 14.4 Å². The Morgan fingerprint density at radius 3 is 1.89 bits per heavy atom. The zero-order chi connectivity index (χ0) is 25.6. The van der Waals surface area contributed by atoms with E-state index in [1.54, 1.807) is 51.1 Å². The standard InChI is InChI=1S/C26H30O8S/c1-4-32-23(27)26(24(28)33-5-2,25(29)34-6-3)22-14-10-11-18-17-20(15-16-21(18)22)35(30,31)19-12-8-7-9-13-19/h7-9,12-13,15-17,22H,4-6,10-11,14H2,1-3H3. The van der Waals surface area contributed by atoms with Crippen molar-refractivity contribution in [3.63, 3.8) is 0 Å². The number of hydrogen-bond donors (Lipinski definition) is 0. The number of carbonyl (C=O) groups excluding carboxylic acids is 3. The van der Waals surface area contributed by atoms with E-state index >= 15 is 0 Å². The highest BCUT2D eigenvalue weighted by Crippen LogP contribution is 2.47. The van der Waals surface area contributed by atoms with Gasteiger partial charge in [0.1, 0.15) is 0 Å². The summed E-state index contributed by atoms with van der Waals surface area (Å²) in [5.74, 6) is -4.03. The molecule has 1 atom stereocenters. The van der Waals surface area contributed by atoms with Crippen LogP contribution < -0.4 is 0 Å². The van der Waals surface area contributed by atoms with Gasteiger partial charge in [0.05, 0.1) is 29.6 Å². The Morgan fingerprint density at radius 2 is 1.37 bits per heavy atom. The van der Waals surface area contributed by atoms with Gasteiger partial charge in [-0.05, 0) is 75.4 Å². The minimum Gasteiger partial charge on any atom is -0.465 e. The van der Waals surface area contributed by atoms with Crippen LogP contribution in [-0.2, 0) is 44.9 Å². The van der Waals surface area contributed by atoms with E-state index in [0.29, 0.717) is 30.4 Å². The van der Waals surface area contributed by atoms with Gasteiger partial charge in [-0.15, -0.1) is 0 Å². The molecular weight excluding hydrogens is 472 g/mol. The molecule has 0 N–H and O–H groups in total. The summed E-state index contributed by atoms with van der Waals surface area (Å²) in [7, 11) is -3.78. The molecule has 0 amide bonds. The number of aryl methyl sites for hydroxylation is 1. The van der Waals surface area contributed by atoms with Crippen LogP contribution in [0.2, 0.25) is 0 Å². The lowest BCUT2D eigenvalue weighted by Crippen LogP contribution is -2.54. The monoisotopic (exact) mass is 502 g/mol. The summed E-state index contributed by atoms with van der Waals surface area (Å²) < 4.78 is 41.9. The van der Waals surface area contributed by atoms with Crippen molar-refractivity contribution < 1.29 is 37.0 Å². The highest BCUT2D eigenvalue weighted by Gasteiger charge is 2.63. The molecule has 35 heavy (non-hydrogen) atoms. The molecule has 0 aliphatic heterocycles. The molecule has 0 saturated carbocycles. The molecule has 0 spiro atoms. The molecule has 0 fully saturated rings. The number of benzene rings is 2. The highest BCUT2D eigenvalue weighted by atomic mass is 32.2. The molecule has 0 saturated heterocycles. The molecule has 2 aromatic carbocycles. The number of fused-ring (bicyclic) bond motifs is 1. The highest BCUT2D eigenvalue weighted by molar-refractivity contribution is 7.91. The fraction of sp³-hybridized carbons (Fsp3) is 0.423. The molecule has 2 aromatic rings. The van der Waals surface area contributed by atoms with E-state index in [2.05, 4.69) is 0 Å². The molecule has 1 aliphatic rings. The van der Waals surface area contributed by atoms with E-state index in [1.807, 2.05) is 0 Å². The van der Waals surface area contributed by atoms with E-state index in [4.69, 9.17) is 14.2 Å². The van der Waals surface area contributed by atoms with Crippen LogP contribution in [0.5, 0.6) is 0 Å². The van der Waals surface area contributed by atoms with Crippen molar-refractivity contribution in [3.8, 4) is 0 Å². The molecule has 1 unspecified atom stereocenters. The third-order valence-electron chi connectivity index (χ3n) is 6.11. The van der Waals surface area contributed by atoms with Gasteiger partial charge in [0.2, 0.25) is 9.84 Å². The van der Waals surface area contributed by atoms with E-state index in [-0.39, 0.29) is 29.6 Å². The SMILES string of the molecule is CCOC(=O)C(C(=O)OCC)(C(=O)OCC)C1CCCc2cc(S(=O)(=O)c3ccccc3)ccc21. The lowest BCUT2D eigenvalue weighted by Gasteiger charge is -2.37. The average molecular weight is 503 g/mol. The Balaban J connectivity index is 2.18. The summed E-state index contributed by atoms with van der Waals surface area (Å²) in [5, 5.41) is 0. The maximum Gasteiger partial charge on any atom is 0.335 e. The van der Waals surface area contributed by atoms with Crippen LogP contribution in [0.1, 0.15) is 50.7 Å². The second-order valence-electron chi connectivity index (χ2n) is 8.09. The number of rotatable bonds is 9.